The number of aryl methyl sites for hydroxylation is 1. The number of benzene rings is 1. The summed E-state index contributed by atoms with van der Waals surface area (Å²) in [5.41, 5.74) is 2.08. The van der Waals surface area contributed by atoms with Crippen LogP contribution >= 0.6 is 11.6 Å². The fourth-order valence-electron chi connectivity index (χ4n) is 3.05. The second-order valence-electron chi connectivity index (χ2n) is 6.42. The fourth-order valence-corrected chi connectivity index (χ4v) is 3.17. The summed E-state index contributed by atoms with van der Waals surface area (Å²) in [5.74, 6) is 2.35. The van der Waals surface area contributed by atoms with Crippen molar-refractivity contribution < 1.29 is 0 Å². The predicted octanol–water partition coefficient (Wildman–Crippen LogP) is 4.16. The van der Waals surface area contributed by atoms with Crippen LogP contribution in [0, 0.1) is 5.92 Å². The predicted molar refractivity (Wildman–Crippen MR) is 101 cm³/mol. The Kier molecular flexibility index (Phi) is 6.05. The van der Waals surface area contributed by atoms with Gasteiger partial charge >= 0.3 is 0 Å². The molecule has 2 N–H and O–H groups in total. The molecule has 128 valence electrons. The van der Waals surface area contributed by atoms with Crippen molar-refractivity contribution in [2.24, 2.45) is 5.92 Å². The van der Waals surface area contributed by atoms with E-state index in [1.54, 1.807) is 0 Å². The standard InChI is InChI=1S/C19H25ClN4/c1-2-4-17-11-18(22-13-14-5-3-10-21-12-14)24-19(23-17)15-6-8-16(20)9-7-15/h6-9,11,14,21H,2-5,10,12-13H2,1H3,(H,22,23,24). The van der Waals surface area contributed by atoms with Crippen molar-refractivity contribution in [3.63, 3.8) is 0 Å². The van der Waals surface area contributed by atoms with Crippen LogP contribution in [0.4, 0.5) is 5.82 Å². The molecule has 4 nitrogen and oxygen atoms in total. The first kappa shape index (κ1) is 17.2. The van der Waals surface area contributed by atoms with Crippen LogP contribution < -0.4 is 10.6 Å². The van der Waals surface area contributed by atoms with Gasteiger partial charge < -0.3 is 10.6 Å². The van der Waals surface area contributed by atoms with E-state index in [9.17, 15) is 0 Å². The Labute approximate surface area is 149 Å². The quantitative estimate of drug-likeness (QED) is 0.826. The van der Waals surface area contributed by atoms with E-state index in [1.165, 1.54) is 12.8 Å². The zero-order valence-corrected chi connectivity index (χ0v) is 14.9. The normalized spacial score (nSPS) is 17.7. The van der Waals surface area contributed by atoms with Crippen molar-refractivity contribution >= 4 is 17.4 Å². The van der Waals surface area contributed by atoms with Crippen LogP contribution in [0.25, 0.3) is 11.4 Å². The van der Waals surface area contributed by atoms with Crippen LogP contribution in [0.5, 0.6) is 0 Å². The third-order valence-corrected chi connectivity index (χ3v) is 4.61. The Bertz CT molecular complexity index is 651. The van der Waals surface area contributed by atoms with Gasteiger partial charge in [0.15, 0.2) is 5.82 Å². The molecule has 2 heterocycles. The van der Waals surface area contributed by atoms with Crippen LogP contribution in [0.1, 0.15) is 31.9 Å². The molecule has 1 atom stereocenters. The number of halogens is 1. The van der Waals surface area contributed by atoms with Gasteiger partial charge in [0, 0.05) is 28.9 Å². The van der Waals surface area contributed by atoms with Crippen molar-refractivity contribution in [2.45, 2.75) is 32.6 Å². The molecule has 1 aromatic heterocycles. The smallest absolute Gasteiger partial charge is 0.161 e. The van der Waals surface area contributed by atoms with Gasteiger partial charge in [0.2, 0.25) is 0 Å². The first-order chi connectivity index (χ1) is 11.7. The molecule has 0 radical (unpaired) electrons. The summed E-state index contributed by atoms with van der Waals surface area (Å²) in [6, 6.07) is 9.80. The molecule has 0 amide bonds. The van der Waals surface area contributed by atoms with Crippen molar-refractivity contribution in [3.8, 4) is 11.4 Å². The lowest BCUT2D eigenvalue weighted by Crippen LogP contribution is -2.33. The van der Waals surface area contributed by atoms with E-state index in [4.69, 9.17) is 21.6 Å². The molecule has 0 bridgehead atoms. The maximum Gasteiger partial charge on any atom is 0.161 e. The van der Waals surface area contributed by atoms with Crippen LogP contribution in [0.15, 0.2) is 30.3 Å². The van der Waals surface area contributed by atoms with Crippen LogP contribution in [0.3, 0.4) is 0 Å². The van der Waals surface area contributed by atoms with Gasteiger partial charge in [-0.15, -0.1) is 0 Å². The molecular weight excluding hydrogens is 320 g/mol. The Hall–Kier alpha value is -1.65. The largest absolute Gasteiger partial charge is 0.370 e. The molecule has 1 saturated heterocycles. The Balaban J connectivity index is 1.78. The first-order valence-corrected chi connectivity index (χ1v) is 9.21. The number of hydrogen-bond donors (Lipinski definition) is 2. The summed E-state index contributed by atoms with van der Waals surface area (Å²) in [4.78, 5) is 9.43. The molecule has 1 aliphatic rings. The van der Waals surface area contributed by atoms with Gasteiger partial charge in [-0.3, -0.25) is 0 Å². The van der Waals surface area contributed by atoms with E-state index < -0.39 is 0 Å². The number of piperidine rings is 1. The zero-order chi connectivity index (χ0) is 16.8. The van der Waals surface area contributed by atoms with Gasteiger partial charge in [0.1, 0.15) is 5.82 Å². The van der Waals surface area contributed by atoms with Crippen molar-refractivity contribution in [3.05, 3.63) is 41.0 Å². The van der Waals surface area contributed by atoms with Crippen molar-refractivity contribution in [1.29, 1.82) is 0 Å². The molecular formula is C19H25ClN4. The van der Waals surface area contributed by atoms with E-state index in [0.717, 1.165) is 60.4 Å². The highest BCUT2D eigenvalue weighted by atomic mass is 35.5. The first-order valence-electron chi connectivity index (χ1n) is 8.83. The molecule has 1 aliphatic heterocycles. The molecule has 1 unspecified atom stereocenters. The number of anilines is 1. The van der Waals surface area contributed by atoms with Gasteiger partial charge in [-0.25, -0.2) is 9.97 Å². The number of rotatable bonds is 6. The lowest BCUT2D eigenvalue weighted by atomic mass is 10.00. The van der Waals surface area contributed by atoms with Gasteiger partial charge in [-0.05, 0) is 62.5 Å². The monoisotopic (exact) mass is 344 g/mol. The van der Waals surface area contributed by atoms with Crippen LogP contribution in [-0.2, 0) is 6.42 Å². The van der Waals surface area contributed by atoms with Gasteiger partial charge in [-0.1, -0.05) is 24.9 Å². The number of hydrogen-bond acceptors (Lipinski definition) is 4. The molecule has 0 aliphatic carbocycles. The summed E-state index contributed by atoms with van der Waals surface area (Å²) in [7, 11) is 0. The van der Waals surface area contributed by atoms with Crippen LogP contribution in [0.2, 0.25) is 5.02 Å². The Morgan fingerprint density at radius 2 is 2.08 bits per heavy atom. The summed E-state index contributed by atoms with van der Waals surface area (Å²) in [5, 5.41) is 7.71. The molecule has 1 fully saturated rings. The summed E-state index contributed by atoms with van der Waals surface area (Å²) >= 11 is 5.99. The maximum absolute atomic E-state index is 5.99. The van der Waals surface area contributed by atoms with Gasteiger partial charge in [-0.2, -0.15) is 0 Å². The number of nitrogens with one attached hydrogen (secondary N) is 2. The third-order valence-electron chi connectivity index (χ3n) is 4.36. The molecule has 3 rings (SSSR count). The van der Waals surface area contributed by atoms with Gasteiger partial charge in [0.05, 0.1) is 0 Å². The highest BCUT2D eigenvalue weighted by Crippen LogP contribution is 2.21. The molecule has 5 heteroatoms. The number of nitrogens with zero attached hydrogens (tertiary/aromatic N) is 2. The van der Waals surface area contributed by atoms with E-state index in [2.05, 4.69) is 23.6 Å². The van der Waals surface area contributed by atoms with E-state index in [1.807, 2.05) is 24.3 Å². The Morgan fingerprint density at radius 1 is 1.25 bits per heavy atom. The summed E-state index contributed by atoms with van der Waals surface area (Å²) < 4.78 is 0. The zero-order valence-electron chi connectivity index (χ0n) is 14.2. The number of aromatic nitrogens is 2. The molecule has 24 heavy (non-hydrogen) atoms. The average molecular weight is 345 g/mol. The third kappa shape index (κ3) is 4.68. The minimum Gasteiger partial charge on any atom is -0.370 e. The molecule has 0 spiro atoms. The van der Waals surface area contributed by atoms with Crippen LogP contribution in [-0.4, -0.2) is 29.6 Å². The second-order valence-corrected chi connectivity index (χ2v) is 6.85. The highest BCUT2D eigenvalue weighted by molar-refractivity contribution is 6.30. The topological polar surface area (TPSA) is 49.8 Å². The summed E-state index contributed by atoms with van der Waals surface area (Å²) in [6.07, 6.45) is 4.57. The average Bonchev–Trinajstić information content (AvgIpc) is 2.62. The van der Waals surface area contributed by atoms with Gasteiger partial charge in [0.25, 0.3) is 0 Å². The maximum atomic E-state index is 5.99. The highest BCUT2D eigenvalue weighted by Gasteiger charge is 2.13. The lowest BCUT2D eigenvalue weighted by molar-refractivity contribution is 0.392. The second kappa shape index (κ2) is 8.45. The Morgan fingerprint density at radius 3 is 2.79 bits per heavy atom. The van der Waals surface area contributed by atoms with E-state index in [-0.39, 0.29) is 0 Å². The SMILES string of the molecule is CCCc1cc(NCC2CCCNC2)nc(-c2ccc(Cl)cc2)n1. The fraction of sp³-hybridized carbons (Fsp3) is 0.474. The van der Waals surface area contributed by atoms with Crippen molar-refractivity contribution in [2.75, 3.05) is 25.0 Å². The van der Waals surface area contributed by atoms with E-state index >= 15 is 0 Å². The molecule has 2 aromatic rings. The minimum atomic E-state index is 0.669. The van der Waals surface area contributed by atoms with E-state index in [0.29, 0.717) is 5.92 Å². The molecule has 0 saturated carbocycles. The summed E-state index contributed by atoms with van der Waals surface area (Å²) in [6.45, 7) is 5.36. The minimum absolute atomic E-state index is 0.669. The van der Waals surface area contributed by atoms with Crippen molar-refractivity contribution in [1.82, 2.24) is 15.3 Å². The molecule has 1 aromatic carbocycles. The lowest BCUT2D eigenvalue weighted by Gasteiger charge is -2.23.